The Morgan fingerprint density at radius 3 is 2.41 bits per heavy atom. The lowest BCUT2D eigenvalue weighted by Gasteiger charge is -2.11. The predicted molar refractivity (Wildman–Crippen MR) is 108 cm³/mol. The van der Waals surface area contributed by atoms with Gasteiger partial charge in [0.1, 0.15) is 0 Å². The van der Waals surface area contributed by atoms with Crippen LogP contribution < -0.4 is 10.6 Å². The summed E-state index contributed by atoms with van der Waals surface area (Å²) in [6.07, 6.45) is 3.12. The van der Waals surface area contributed by atoms with Crippen molar-refractivity contribution in [2.24, 2.45) is 0 Å². The summed E-state index contributed by atoms with van der Waals surface area (Å²) in [7, 11) is 0. The summed E-state index contributed by atoms with van der Waals surface area (Å²) in [6, 6.07) is 14.2. The molecule has 1 amide bonds. The van der Waals surface area contributed by atoms with Crippen molar-refractivity contribution in [3.8, 4) is 0 Å². The number of halogens is 1. The van der Waals surface area contributed by atoms with Crippen LogP contribution in [0.2, 0.25) is 5.02 Å². The Morgan fingerprint density at radius 2 is 1.70 bits per heavy atom. The highest BCUT2D eigenvalue weighted by Gasteiger charge is 2.10. The highest BCUT2D eigenvalue weighted by Crippen LogP contribution is 2.24. The van der Waals surface area contributed by atoms with Crippen molar-refractivity contribution >= 4 is 40.4 Å². The highest BCUT2D eigenvalue weighted by molar-refractivity contribution is 6.31. The molecule has 0 fully saturated rings. The maximum Gasteiger partial charge on any atom is 0.257 e. The normalized spacial score (nSPS) is 10.3. The molecule has 0 aliphatic carbocycles. The summed E-state index contributed by atoms with van der Waals surface area (Å²) >= 11 is 6.09. The second kappa shape index (κ2) is 8.01. The number of benzene rings is 2. The summed E-state index contributed by atoms with van der Waals surface area (Å²) < 4.78 is 0. The number of pyridine rings is 1. The van der Waals surface area contributed by atoms with Crippen LogP contribution in [-0.4, -0.2) is 16.7 Å². The Morgan fingerprint density at radius 1 is 0.963 bits per heavy atom. The number of nitrogens with one attached hydrogen (secondary N) is 2. The van der Waals surface area contributed by atoms with Crippen LogP contribution in [0, 0.1) is 6.92 Å². The summed E-state index contributed by atoms with van der Waals surface area (Å²) in [5, 5.41) is 6.62. The van der Waals surface area contributed by atoms with E-state index in [9.17, 15) is 9.59 Å². The zero-order valence-corrected chi connectivity index (χ0v) is 15.7. The Hall–Kier alpha value is -3.18. The van der Waals surface area contributed by atoms with Gasteiger partial charge in [0.05, 0.1) is 17.4 Å². The molecule has 6 heteroatoms. The van der Waals surface area contributed by atoms with Gasteiger partial charge in [-0.3, -0.25) is 14.6 Å². The topological polar surface area (TPSA) is 71.1 Å². The van der Waals surface area contributed by atoms with E-state index in [1.165, 1.54) is 13.1 Å². The molecule has 0 aliphatic rings. The quantitative estimate of drug-likeness (QED) is 0.594. The molecule has 0 spiro atoms. The minimum Gasteiger partial charge on any atom is -0.354 e. The first-order chi connectivity index (χ1) is 12.9. The van der Waals surface area contributed by atoms with Gasteiger partial charge in [-0.25, -0.2) is 0 Å². The number of ketones is 1. The Kier molecular flexibility index (Phi) is 5.52. The van der Waals surface area contributed by atoms with E-state index >= 15 is 0 Å². The van der Waals surface area contributed by atoms with Gasteiger partial charge in [-0.1, -0.05) is 17.7 Å². The number of anilines is 3. The number of Topliss-reactive ketones (excluding diaryl/α,β-unsaturated/α-hetero) is 1. The first-order valence-electron chi connectivity index (χ1n) is 8.33. The van der Waals surface area contributed by atoms with Crippen molar-refractivity contribution in [2.75, 3.05) is 10.6 Å². The van der Waals surface area contributed by atoms with E-state index in [0.717, 1.165) is 11.3 Å². The molecule has 1 aromatic heterocycles. The molecule has 2 aromatic carbocycles. The third-order valence-corrected chi connectivity index (χ3v) is 4.51. The van der Waals surface area contributed by atoms with E-state index in [-0.39, 0.29) is 11.7 Å². The van der Waals surface area contributed by atoms with Crippen molar-refractivity contribution in [3.63, 3.8) is 0 Å². The average molecular weight is 380 g/mol. The number of carbonyl (C=O) groups is 2. The predicted octanol–water partition coefficient (Wildman–Crippen LogP) is 5.24. The zero-order valence-electron chi connectivity index (χ0n) is 14.9. The van der Waals surface area contributed by atoms with Gasteiger partial charge in [0.15, 0.2) is 5.78 Å². The lowest BCUT2D eigenvalue weighted by atomic mass is 10.1. The number of hydrogen-bond donors (Lipinski definition) is 2. The third-order valence-electron chi connectivity index (χ3n) is 4.10. The number of nitrogens with zero attached hydrogens (tertiary/aromatic N) is 1. The number of amides is 1. The second-order valence-corrected chi connectivity index (χ2v) is 6.49. The maximum absolute atomic E-state index is 12.5. The molecule has 2 N–H and O–H groups in total. The van der Waals surface area contributed by atoms with Crippen molar-refractivity contribution < 1.29 is 9.59 Å². The van der Waals surface area contributed by atoms with Crippen molar-refractivity contribution in [1.82, 2.24) is 4.98 Å². The Labute approximate surface area is 162 Å². The fourth-order valence-corrected chi connectivity index (χ4v) is 2.70. The van der Waals surface area contributed by atoms with Gasteiger partial charge in [0, 0.05) is 28.2 Å². The van der Waals surface area contributed by atoms with Gasteiger partial charge < -0.3 is 10.6 Å². The van der Waals surface area contributed by atoms with Gasteiger partial charge in [0.2, 0.25) is 0 Å². The molecule has 0 aliphatic heterocycles. The van der Waals surface area contributed by atoms with Crippen LogP contribution in [0.3, 0.4) is 0 Å². The fraction of sp³-hybridized carbons (Fsp3) is 0.0952. The van der Waals surface area contributed by atoms with Gasteiger partial charge in [-0.15, -0.1) is 0 Å². The average Bonchev–Trinajstić information content (AvgIpc) is 2.66. The molecule has 0 radical (unpaired) electrons. The standard InChI is InChI=1S/C21H18ClN3O2/c1-13-19(22)4-3-5-20(13)25-21(27)16-10-18(12-23-11-16)24-17-8-6-15(7-9-17)14(2)26/h3-12,24H,1-2H3,(H,25,27). The van der Waals surface area contributed by atoms with Gasteiger partial charge >= 0.3 is 0 Å². The second-order valence-electron chi connectivity index (χ2n) is 6.09. The van der Waals surface area contributed by atoms with Crippen LogP contribution in [0.15, 0.2) is 60.9 Å². The molecule has 1 heterocycles. The SMILES string of the molecule is CC(=O)c1ccc(Nc2cncc(C(=O)Nc3cccc(Cl)c3C)c2)cc1. The number of hydrogen-bond acceptors (Lipinski definition) is 4. The summed E-state index contributed by atoms with van der Waals surface area (Å²) in [4.78, 5) is 28.0. The van der Waals surface area contributed by atoms with E-state index in [4.69, 9.17) is 11.6 Å². The first kappa shape index (κ1) is 18.6. The first-order valence-corrected chi connectivity index (χ1v) is 8.71. The van der Waals surface area contributed by atoms with Crippen LogP contribution in [0.4, 0.5) is 17.1 Å². The maximum atomic E-state index is 12.5. The van der Waals surface area contributed by atoms with E-state index in [2.05, 4.69) is 15.6 Å². The molecular weight excluding hydrogens is 362 g/mol. The largest absolute Gasteiger partial charge is 0.354 e. The molecule has 5 nitrogen and oxygen atoms in total. The third kappa shape index (κ3) is 4.51. The van der Waals surface area contributed by atoms with E-state index in [1.807, 2.05) is 6.92 Å². The number of carbonyl (C=O) groups excluding carboxylic acids is 2. The summed E-state index contributed by atoms with van der Waals surface area (Å²) in [6.45, 7) is 3.37. The monoisotopic (exact) mass is 379 g/mol. The summed E-state index contributed by atoms with van der Waals surface area (Å²) in [5.41, 5.74) is 3.99. The van der Waals surface area contributed by atoms with E-state index in [1.54, 1.807) is 54.7 Å². The summed E-state index contributed by atoms with van der Waals surface area (Å²) in [5.74, 6) is -0.262. The van der Waals surface area contributed by atoms with Crippen molar-refractivity contribution in [3.05, 3.63) is 82.6 Å². The zero-order chi connectivity index (χ0) is 19.4. The molecule has 3 rings (SSSR count). The van der Waals surface area contributed by atoms with Gasteiger partial charge in [-0.2, -0.15) is 0 Å². The van der Waals surface area contributed by atoms with Crippen LogP contribution >= 0.6 is 11.6 Å². The Bertz CT molecular complexity index is 1000. The fourth-order valence-electron chi connectivity index (χ4n) is 2.52. The molecule has 136 valence electrons. The van der Waals surface area contributed by atoms with Crippen LogP contribution in [0.5, 0.6) is 0 Å². The lowest BCUT2D eigenvalue weighted by molar-refractivity contribution is 0.101. The smallest absolute Gasteiger partial charge is 0.257 e. The lowest BCUT2D eigenvalue weighted by Crippen LogP contribution is -2.13. The van der Waals surface area contributed by atoms with Crippen LogP contribution in [-0.2, 0) is 0 Å². The minimum atomic E-state index is -0.275. The molecule has 0 unspecified atom stereocenters. The van der Waals surface area contributed by atoms with E-state index < -0.39 is 0 Å². The van der Waals surface area contributed by atoms with Gasteiger partial charge in [-0.05, 0) is 61.9 Å². The van der Waals surface area contributed by atoms with Crippen molar-refractivity contribution in [1.29, 1.82) is 0 Å². The molecule has 0 bridgehead atoms. The molecule has 0 saturated heterocycles. The van der Waals surface area contributed by atoms with Crippen LogP contribution in [0.1, 0.15) is 33.2 Å². The number of rotatable bonds is 5. The molecular formula is C21H18ClN3O2. The van der Waals surface area contributed by atoms with E-state index in [0.29, 0.717) is 27.5 Å². The molecule has 0 atom stereocenters. The Balaban J connectivity index is 1.75. The van der Waals surface area contributed by atoms with Gasteiger partial charge in [0.25, 0.3) is 5.91 Å². The molecule has 3 aromatic rings. The van der Waals surface area contributed by atoms with Crippen LogP contribution in [0.25, 0.3) is 0 Å². The molecule has 0 saturated carbocycles. The number of aromatic nitrogens is 1. The highest BCUT2D eigenvalue weighted by atomic mass is 35.5. The minimum absolute atomic E-state index is 0.0122. The van der Waals surface area contributed by atoms with Crippen molar-refractivity contribution in [2.45, 2.75) is 13.8 Å². The molecule has 27 heavy (non-hydrogen) atoms.